The second-order valence-electron chi connectivity index (χ2n) is 5.75. The van der Waals surface area contributed by atoms with Crippen molar-refractivity contribution < 1.29 is 4.74 Å². The van der Waals surface area contributed by atoms with Gasteiger partial charge in [-0.05, 0) is 12.3 Å². The molecule has 7 heteroatoms. The molecule has 1 fully saturated rings. The van der Waals surface area contributed by atoms with E-state index in [0.29, 0.717) is 22.9 Å². The van der Waals surface area contributed by atoms with Gasteiger partial charge in [0.25, 0.3) is 0 Å². The van der Waals surface area contributed by atoms with Gasteiger partial charge in [-0.2, -0.15) is 4.98 Å². The zero-order chi connectivity index (χ0) is 15.2. The molecule has 118 valence electrons. The Bertz CT molecular complexity index is 431. The molecule has 1 aliphatic rings. The first-order valence-electron chi connectivity index (χ1n) is 7.40. The lowest BCUT2D eigenvalue weighted by atomic mass is 10.0. The minimum atomic E-state index is 0.191. The van der Waals surface area contributed by atoms with Crippen LogP contribution < -0.4 is 11.1 Å². The van der Waals surface area contributed by atoms with Gasteiger partial charge >= 0.3 is 0 Å². The summed E-state index contributed by atoms with van der Waals surface area (Å²) in [5.74, 6) is 1.50. The van der Waals surface area contributed by atoms with Crippen LogP contribution in [0.1, 0.15) is 20.3 Å². The molecule has 0 bridgehead atoms. The smallest absolute Gasteiger partial charge is 0.223 e. The fraction of sp³-hybridized carbons (Fsp3) is 0.714. The van der Waals surface area contributed by atoms with E-state index >= 15 is 0 Å². The third-order valence-corrected chi connectivity index (χ3v) is 3.73. The molecule has 6 nitrogen and oxygen atoms in total. The van der Waals surface area contributed by atoms with Gasteiger partial charge in [0, 0.05) is 31.7 Å². The second kappa shape index (κ2) is 7.77. The summed E-state index contributed by atoms with van der Waals surface area (Å²) in [6, 6.07) is 2.15. The highest BCUT2D eigenvalue weighted by Crippen LogP contribution is 2.16. The van der Waals surface area contributed by atoms with Crippen molar-refractivity contribution in [2.45, 2.75) is 26.3 Å². The summed E-state index contributed by atoms with van der Waals surface area (Å²) in [5.41, 5.74) is 5.62. The summed E-state index contributed by atoms with van der Waals surface area (Å²) in [5, 5.41) is 3.69. The van der Waals surface area contributed by atoms with Crippen LogP contribution in [0.15, 0.2) is 6.07 Å². The summed E-state index contributed by atoms with van der Waals surface area (Å²) < 4.78 is 5.43. The average molecular weight is 314 g/mol. The van der Waals surface area contributed by atoms with Crippen molar-refractivity contribution in [3.8, 4) is 0 Å². The van der Waals surface area contributed by atoms with E-state index in [-0.39, 0.29) is 5.95 Å². The lowest BCUT2D eigenvalue weighted by Crippen LogP contribution is -2.47. The molecule has 1 atom stereocenters. The van der Waals surface area contributed by atoms with Crippen LogP contribution in [0.5, 0.6) is 0 Å². The number of nitrogens with one attached hydrogen (secondary N) is 1. The van der Waals surface area contributed by atoms with Crippen LogP contribution in [0.2, 0.25) is 5.15 Å². The molecular weight excluding hydrogens is 290 g/mol. The molecular formula is C14H24ClN5O. The maximum atomic E-state index is 5.90. The van der Waals surface area contributed by atoms with Gasteiger partial charge < -0.3 is 15.8 Å². The Kier molecular flexibility index (Phi) is 6.02. The summed E-state index contributed by atoms with van der Waals surface area (Å²) in [4.78, 5) is 10.5. The predicted molar refractivity (Wildman–Crippen MR) is 85.6 cm³/mol. The summed E-state index contributed by atoms with van der Waals surface area (Å²) in [6.45, 7) is 8.87. The number of hydrogen-bond acceptors (Lipinski definition) is 6. The van der Waals surface area contributed by atoms with Crippen LogP contribution in [0, 0.1) is 5.92 Å². The number of hydrogen-bond donors (Lipinski definition) is 2. The van der Waals surface area contributed by atoms with Crippen molar-refractivity contribution in [1.82, 2.24) is 14.9 Å². The highest BCUT2D eigenvalue weighted by atomic mass is 35.5. The van der Waals surface area contributed by atoms with Crippen LogP contribution in [0.25, 0.3) is 0 Å². The van der Waals surface area contributed by atoms with Gasteiger partial charge in [0.1, 0.15) is 11.0 Å². The quantitative estimate of drug-likeness (QED) is 0.781. The maximum Gasteiger partial charge on any atom is 0.223 e. The van der Waals surface area contributed by atoms with Gasteiger partial charge in [-0.15, -0.1) is 0 Å². The normalized spacial score (nSPS) is 17.9. The van der Waals surface area contributed by atoms with E-state index in [1.165, 1.54) is 0 Å². The molecule has 0 aromatic carbocycles. The van der Waals surface area contributed by atoms with E-state index in [1.807, 2.05) is 0 Å². The molecule has 0 radical (unpaired) electrons. The Morgan fingerprint density at radius 1 is 1.38 bits per heavy atom. The minimum Gasteiger partial charge on any atom is -0.379 e. The molecule has 1 saturated heterocycles. The molecule has 0 amide bonds. The molecule has 2 rings (SSSR count). The molecule has 1 aromatic rings. The van der Waals surface area contributed by atoms with Crippen molar-refractivity contribution in [2.24, 2.45) is 5.92 Å². The molecule has 0 aliphatic carbocycles. The number of morpholine rings is 1. The van der Waals surface area contributed by atoms with E-state index in [0.717, 1.165) is 39.3 Å². The molecule has 0 saturated carbocycles. The lowest BCUT2D eigenvalue weighted by molar-refractivity contribution is 0.0150. The fourth-order valence-electron chi connectivity index (χ4n) is 2.60. The number of aromatic nitrogens is 2. The molecule has 2 heterocycles. The summed E-state index contributed by atoms with van der Waals surface area (Å²) in [7, 11) is 0. The van der Waals surface area contributed by atoms with Crippen LogP contribution >= 0.6 is 11.6 Å². The molecule has 3 N–H and O–H groups in total. The van der Waals surface area contributed by atoms with Gasteiger partial charge in [0.05, 0.1) is 13.2 Å². The van der Waals surface area contributed by atoms with Crippen molar-refractivity contribution in [3.05, 3.63) is 11.2 Å². The predicted octanol–water partition coefficient (Wildman–Crippen LogP) is 1.87. The number of anilines is 2. The monoisotopic (exact) mass is 313 g/mol. The van der Waals surface area contributed by atoms with Crippen molar-refractivity contribution in [1.29, 1.82) is 0 Å². The molecule has 0 unspecified atom stereocenters. The van der Waals surface area contributed by atoms with Crippen LogP contribution in [0.4, 0.5) is 11.8 Å². The number of rotatable bonds is 6. The Hall–Kier alpha value is -1.11. The van der Waals surface area contributed by atoms with E-state index < -0.39 is 0 Å². The van der Waals surface area contributed by atoms with Crippen LogP contribution in [-0.2, 0) is 4.74 Å². The minimum absolute atomic E-state index is 0.191. The zero-order valence-corrected chi connectivity index (χ0v) is 13.4. The van der Waals surface area contributed by atoms with E-state index in [1.54, 1.807) is 6.07 Å². The number of nitrogens with two attached hydrogens (primary N) is 1. The van der Waals surface area contributed by atoms with E-state index in [2.05, 4.69) is 34.0 Å². The number of nitrogen functional groups attached to an aromatic ring is 1. The third kappa shape index (κ3) is 5.30. The highest BCUT2D eigenvalue weighted by molar-refractivity contribution is 6.29. The van der Waals surface area contributed by atoms with Gasteiger partial charge in [0.2, 0.25) is 5.95 Å². The number of halogens is 1. The Morgan fingerprint density at radius 2 is 2.10 bits per heavy atom. The van der Waals surface area contributed by atoms with E-state index in [9.17, 15) is 0 Å². The third-order valence-electron chi connectivity index (χ3n) is 3.54. The van der Waals surface area contributed by atoms with Crippen molar-refractivity contribution >= 4 is 23.4 Å². The standard InChI is InChI=1S/C14H24ClN5O/c1-10(2)7-11(20-3-5-21-6-4-20)9-17-13-8-12(15)18-14(16)19-13/h8,10-11H,3-7,9H2,1-2H3,(H3,16,17,18,19)/t11-/m0/s1. The largest absolute Gasteiger partial charge is 0.379 e. The second-order valence-corrected chi connectivity index (χ2v) is 6.13. The number of ether oxygens (including phenoxy) is 1. The van der Waals surface area contributed by atoms with Gasteiger partial charge in [-0.3, -0.25) is 4.90 Å². The van der Waals surface area contributed by atoms with Gasteiger partial charge in [-0.25, -0.2) is 4.98 Å². The topological polar surface area (TPSA) is 76.3 Å². The van der Waals surface area contributed by atoms with Crippen molar-refractivity contribution in [2.75, 3.05) is 43.9 Å². The highest BCUT2D eigenvalue weighted by Gasteiger charge is 2.21. The Labute approximate surface area is 131 Å². The molecule has 1 aliphatic heterocycles. The van der Waals surface area contributed by atoms with Crippen LogP contribution in [0.3, 0.4) is 0 Å². The maximum absolute atomic E-state index is 5.90. The summed E-state index contributed by atoms with van der Waals surface area (Å²) >= 11 is 5.90. The first-order valence-corrected chi connectivity index (χ1v) is 7.78. The Morgan fingerprint density at radius 3 is 2.71 bits per heavy atom. The van der Waals surface area contributed by atoms with Gasteiger partial charge in [-0.1, -0.05) is 25.4 Å². The lowest BCUT2D eigenvalue weighted by Gasteiger charge is -2.35. The average Bonchev–Trinajstić information content (AvgIpc) is 2.43. The SMILES string of the molecule is CC(C)C[C@@H](CNc1cc(Cl)nc(N)n1)N1CCOCC1. The van der Waals surface area contributed by atoms with E-state index in [4.69, 9.17) is 22.1 Å². The first kappa shape index (κ1) is 16.3. The summed E-state index contributed by atoms with van der Waals surface area (Å²) in [6.07, 6.45) is 1.13. The molecule has 21 heavy (non-hydrogen) atoms. The number of nitrogens with zero attached hydrogens (tertiary/aromatic N) is 3. The zero-order valence-electron chi connectivity index (χ0n) is 12.7. The van der Waals surface area contributed by atoms with Crippen molar-refractivity contribution in [3.63, 3.8) is 0 Å². The fourth-order valence-corrected chi connectivity index (χ4v) is 2.79. The molecule has 1 aromatic heterocycles. The van der Waals surface area contributed by atoms with Gasteiger partial charge in [0.15, 0.2) is 0 Å². The molecule has 0 spiro atoms. The first-order chi connectivity index (χ1) is 10.0. The Balaban J connectivity index is 1.97. The van der Waals surface area contributed by atoms with Crippen LogP contribution in [-0.4, -0.2) is 53.8 Å².